The van der Waals surface area contributed by atoms with Crippen molar-refractivity contribution in [2.45, 2.75) is 44.7 Å². The standard InChI is InChI=1S/C22H31N9O2S/c1-14-18-19(26-21(27-20(18)34-28-14)25-16-12-23-29(2)13-16)24-15-4-6-17(7-5-15)30-8-10-31(11-9-30)22(32)33-3/h12-13,15,17H,4-11H2,1-3H3,(H2,24,25,26,27). The molecule has 0 spiro atoms. The Bertz CT molecular complexity index is 1150. The van der Waals surface area contributed by atoms with Crippen LogP contribution >= 0.6 is 11.5 Å². The van der Waals surface area contributed by atoms with Crippen molar-refractivity contribution in [2.75, 3.05) is 43.9 Å². The average molecular weight is 486 g/mol. The Balaban J connectivity index is 1.23. The van der Waals surface area contributed by atoms with E-state index in [9.17, 15) is 4.79 Å². The molecule has 4 heterocycles. The smallest absolute Gasteiger partial charge is 0.409 e. The second-order valence-electron chi connectivity index (χ2n) is 9.01. The lowest BCUT2D eigenvalue weighted by Crippen LogP contribution is -2.53. The number of carbonyl (C=O) groups is 1. The average Bonchev–Trinajstić information content (AvgIpc) is 3.44. The number of hydrogen-bond donors (Lipinski definition) is 2. The largest absolute Gasteiger partial charge is 0.453 e. The zero-order chi connectivity index (χ0) is 23.7. The van der Waals surface area contributed by atoms with Crippen LogP contribution in [0.5, 0.6) is 0 Å². The van der Waals surface area contributed by atoms with E-state index < -0.39 is 0 Å². The molecule has 2 fully saturated rings. The molecule has 1 saturated carbocycles. The summed E-state index contributed by atoms with van der Waals surface area (Å²) < 4.78 is 11.1. The van der Waals surface area contributed by atoms with E-state index in [0.717, 1.165) is 79.3 Å². The van der Waals surface area contributed by atoms with Gasteiger partial charge in [0.2, 0.25) is 5.95 Å². The summed E-state index contributed by atoms with van der Waals surface area (Å²) in [6.45, 7) is 5.30. The number of amides is 1. The lowest BCUT2D eigenvalue weighted by Gasteiger charge is -2.41. The van der Waals surface area contributed by atoms with Crippen LogP contribution in [0, 0.1) is 6.92 Å². The highest BCUT2D eigenvalue weighted by Crippen LogP contribution is 2.32. The minimum Gasteiger partial charge on any atom is -0.453 e. The second-order valence-corrected chi connectivity index (χ2v) is 9.77. The molecule has 34 heavy (non-hydrogen) atoms. The normalized spacial score (nSPS) is 21.6. The van der Waals surface area contributed by atoms with Gasteiger partial charge in [0.05, 0.1) is 30.1 Å². The van der Waals surface area contributed by atoms with Gasteiger partial charge in [0.25, 0.3) is 0 Å². The number of piperazine rings is 1. The van der Waals surface area contributed by atoms with E-state index in [0.29, 0.717) is 18.0 Å². The third kappa shape index (κ3) is 4.78. The number of methoxy groups -OCH3 is 1. The van der Waals surface area contributed by atoms with Crippen molar-refractivity contribution in [1.82, 2.24) is 33.9 Å². The monoisotopic (exact) mass is 485 g/mol. The molecule has 0 radical (unpaired) electrons. The first kappa shape index (κ1) is 22.8. The number of fused-ring (bicyclic) bond motifs is 1. The van der Waals surface area contributed by atoms with Crippen LogP contribution in [0.1, 0.15) is 31.4 Å². The highest BCUT2D eigenvalue weighted by Gasteiger charge is 2.30. The zero-order valence-electron chi connectivity index (χ0n) is 19.8. The first-order valence-corrected chi connectivity index (χ1v) is 12.5. The molecule has 1 saturated heterocycles. The SMILES string of the molecule is COC(=O)N1CCN(C2CCC(Nc3nc(Nc4cnn(C)c4)nc4snc(C)c34)CC2)CC1. The molecular weight excluding hydrogens is 454 g/mol. The summed E-state index contributed by atoms with van der Waals surface area (Å²) in [5, 5.41) is 12.2. The van der Waals surface area contributed by atoms with Crippen molar-refractivity contribution >= 4 is 45.3 Å². The Kier molecular flexibility index (Phi) is 6.50. The molecule has 0 unspecified atom stereocenters. The van der Waals surface area contributed by atoms with E-state index in [4.69, 9.17) is 9.72 Å². The molecule has 0 atom stereocenters. The minimum absolute atomic E-state index is 0.223. The summed E-state index contributed by atoms with van der Waals surface area (Å²) in [7, 11) is 3.32. The van der Waals surface area contributed by atoms with E-state index in [1.807, 2.05) is 20.2 Å². The van der Waals surface area contributed by atoms with E-state index in [-0.39, 0.29) is 6.09 Å². The summed E-state index contributed by atoms with van der Waals surface area (Å²) >= 11 is 1.40. The van der Waals surface area contributed by atoms with Gasteiger partial charge in [-0.2, -0.15) is 19.4 Å². The number of hydrogen-bond acceptors (Lipinski definition) is 10. The van der Waals surface area contributed by atoms with Gasteiger partial charge in [0, 0.05) is 51.5 Å². The molecule has 11 nitrogen and oxygen atoms in total. The maximum atomic E-state index is 11.7. The van der Waals surface area contributed by atoms with E-state index in [1.54, 1.807) is 15.8 Å². The second kappa shape index (κ2) is 9.71. The molecule has 2 aliphatic rings. The Morgan fingerprint density at radius 2 is 1.91 bits per heavy atom. The van der Waals surface area contributed by atoms with Crippen LogP contribution in [-0.4, -0.2) is 85.4 Å². The van der Waals surface area contributed by atoms with Crippen molar-refractivity contribution in [3.8, 4) is 0 Å². The van der Waals surface area contributed by atoms with Gasteiger partial charge < -0.3 is 20.3 Å². The number of nitrogens with one attached hydrogen (secondary N) is 2. The number of carbonyl (C=O) groups excluding carboxylic acids is 1. The molecule has 3 aromatic rings. The molecule has 182 valence electrons. The Morgan fingerprint density at radius 1 is 1.15 bits per heavy atom. The Labute approximate surface area is 202 Å². The summed E-state index contributed by atoms with van der Waals surface area (Å²) in [6, 6.07) is 0.923. The Hall–Kier alpha value is -2.99. The van der Waals surface area contributed by atoms with Crippen molar-refractivity contribution < 1.29 is 9.53 Å². The fourth-order valence-corrected chi connectivity index (χ4v) is 5.72. The van der Waals surface area contributed by atoms with Gasteiger partial charge in [-0.15, -0.1) is 0 Å². The van der Waals surface area contributed by atoms with Crippen molar-refractivity contribution in [3.63, 3.8) is 0 Å². The lowest BCUT2D eigenvalue weighted by molar-refractivity contribution is 0.0642. The van der Waals surface area contributed by atoms with Gasteiger partial charge in [0.1, 0.15) is 5.82 Å². The quantitative estimate of drug-likeness (QED) is 0.563. The molecular formula is C22H31N9O2S. The third-order valence-corrected chi connectivity index (χ3v) is 7.60. The first-order chi connectivity index (χ1) is 16.5. The molecule has 3 aromatic heterocycles. The summed E-state index contributed by atoms with van der Waals surface area (Å²) in [5.41, 5.74) is 1.80. The highest BCUT2D eigenvalue weighted by molar-refractivity contribution is 7.13. The maximum absolute atomic E-state index is 11.7. The molecule has 1 amide bonds. The Morgan fingerprint density at radius 3 is 2.59 bits per heavy atom. The van der Waals surface area contributed by atoms with Gasteiger partial charge in [-0.25, -0.2) is 4.79 Å². The van der Waals surface area contributed by atoms with Crippen LogP contribution < -0.4 is 10.6 Å². The number of aromatic nitrogens is 5. The van der Waals surface area contributed by atoms with Crippen LogP contribution in [0.4, 0.5) is 22.2 Å². The lowest BCUT2D eigenvalue weighted by atomic mass is 9.89. The maximum Gasteiger partial charge on any atom is 0.409 e. The summed E-state index contributed by atoms with van der Waals surface area (Å²) in [6.07, 6.45) is 7.84. The van der Waals surface area contributed by atoms with Gasteiger partial charge in [-0.05, 0) is 44.1 Å². The number of anilines is 3. The predicted octanol–water partition coefficient (Wildman–Crippen LogP) is 2.98. The van der Waals surface area contributed by atoms with Crippen molar-refractivity contribution in [3.05, 3.63) is 18.1 Å². The van der Waals surface area contributed by atoms with Crippen LogP contribution in [0.25, 0.3) is 10.2 Å². The van der Waals surface area contributed by atoms with Crippen LogP contribution in [0.2, 0.25) is 0 Å². The van der Waals surface area contributed by atoms with E-state index in [2.05, 4.69) is 30.0 Å². The molecule has 0 aromatic carbocycles. The van der Waals surface area contributed by atoms with E-state index >= 15 is 0 Å². The van der Waals surface area contributed by atoms with Gasteiger partial charge in [-0.3, -0.25) is 9.58 Å². The molecule has 0 bridgehead atoms. The number of aryl methyl sites for hydroxylation is 2. The highest BCUT2D eigenvalue weighted by atomic mass is 32.1. The van der Waals surface area contributed by atoms with Crippen LogP contribution in [0.3, 0.4) is 0 Å². The number of nitrogens with zero attached hydrogens (tertiary/aromatic N) is 7. The van der Waals surface area contributed by atoms with E-state index in [1.165, 1.54) is 18.6 Å². The zero-order valence-corrected chi connectivity index (χ0v) is 20.6. The molecule has 5 rings (SSSR count). The minimum atomic E-state index is -0.223. The molecule has 1 aliphatic carbocycles. The first-order valence-electron chi connectivity index (χ1n) is 11.7. The fourth-order valence-electron chi connectivity index (χ4n) is 4.94. The molecule has 1 aliphatic heterocycles. The molecule has 2 N–H and O–H groups in total. The fraction of sp³-hybridized carbons (Fsp3) is 0.591. The third-order valence-electron chi connectivity index (χ3n) is 6.77. The van der Waals surface area contributed by atoms with Gasteiger partial charge in [0.15, 0.2) is 4.83 Å². The van der Waals surface area contributed by atoms with Crippen molar-refractivity contribution in [1.29, 1.82) is 0 Å². The topological polar surface area (TPSA) is 113 Å². The van der Waals surface area contributed by atoms with Gasteiger partial charge >= 0.3 is 6.09 Å². The summed E-state index contributed by atoms with van der Waals surface area (Å²) in [5.74, 6) is 1.39. The molecule has 12 heteroatoms. The number of rotatable bonds is 5. The van der Waals surface area contributed by atoms with Crippen LogP contribution in [-0.2, 0) is 11.8 Å². The summed E-state index contributed by atoms with van der Waals surface area (Å²) in [4.78, 5) is 26.4. The van der Waals surface area contributed by atoms with Gasteiger partial charge in [-0.1, -0.05) is 0 Å². The van der Waals surface area contributed by atoms with Crippen LogP contribution in [0.15, 0.2) is 12.4 Å². The number of ether oxygens (including phenoxy) is 1. The van der Waals surface area contributed by atoms with Crippen molar-refractivity contribution in [2.24, 2.45) is 7.05 Å². The predicted molar refractivity (Wildman–Crippen MR) is 132 cm³/mol.